The smallest absolute Gasteiger partial charge is 0.246 e. The molecular weight excluding hydrogens is 398 g/mol. The van der Waals surface area contributed by atoms with Crippen molar-refractivity contribution in [3.63, 3.8) is 0 Å². The van der Waals surface area contributed by atoms with Gasteiger partial charge in [-0.15, -0.1) is 0 Å². The number of halogens is 1. The minimum atomic E-state index is -0.0954. The summed E-state index contributed by atoms with van der Waals surface area (Å²) in [6.45, 7) is 1.59. The molecule has 0 saturated carbocycles. The fourth-order valence-corrected chi connectivity index (χ4v) is 3.04. The van der Waals surface area contributed by atoms with E-state index in [0.29, 0.717) is 25.5 Å². The lowest BCUT2D eigenvalue weighted by Gasteiger charge is -2.20. The van der Waals surface area contributed by atoms with Gasteiger partial charge in [-0.3, -0.25) is 4.79 Å². The molecule has 1 amide bonds. The lowest BCUT2D eigenvalue weighted by molar-refractivity contribution is -0.125. The summed E-state index contributed by atoms with van der Waals surface area (Å²) in [6.07, 6.45) is 3.30. The van der Waals surface area contributed by atoms with Crippen LogP contribution in [0.3, 0.4) is 0 Å². The highest BCUT2D eigenvalue weighted by molar-refractivity contribution is 9.10. The Hall–Kier alpha value is -2.47. The maximum atomic E-state index is 12.4. The molecule has 1 aliphatic heterocycles. The van der Waals surface area contributed by atoms with Crippen molar-refractivity contribution < 1.29 is 19.0 Å². The van der Waals surface area contributed by atoms with Crippen LogP contribution in [0.1, 0.15) is 11.1 Å². The van der Waals surface area contributed by atoms with Gasteiger partial charge in [-0.1, -0.05) is 22.0 Å². The van der Waals surface area contributed by atoms with Gasteiger partial charge in [0.1, 0.15) is 19.0 Å². The average Bonchev–Trinajstić information content (AvgIpc) is 2.66. The van der Waals surface area contributed by atoms with Gasteiger partial charge in [0.25, 0.3) is 0 Å². The molecule has 0 bridgehead atoms. The van der Waals surface area contributed by atoms with Crippen LogP contribution in [0.25, 0.3) is 6.08 Å². The predicted molar refractivity (Wildman–Crippen MR) is 104 cm³/mol. The van der Waals surface area contributed by atoms with Crippen LogP contribution in [-0.2, 0) is 11.3 Å². The van der Waals surface area contributed by atoms with E-state index in [0.717, 1.165) is 27.1 Å². The molecule has 136 valence electrons. The third-order valence-electron chi connectivity index (χ3n) is 4.00. The van der Waals surface area contributed by atoms with Crippen LogP contribution in [-0.4, -0.2) is 38.2 Å². The summed E-state index contributed by atoms with van der Waals surface area (Å²) in [6, 6.07) is 11.4. The van der Waals surface area contributed by atoms with Crippen LogP contribution >= 0.6 is 15.9 Å². The minimum absolute atomic E-state index is 0.0954. The number of likely N-dealkylation sites (N-methyl/N-ethyl adjacent to an activating group) is 1. The molecule has 26 heavy (non-hydrogen) atoms. The average molecular weight is 418 g/mol. The van der Waals surface area contributed by atoms with E-state index in [1.165, 1.54) is 0 Å². The second-order valence-electron chi connectivity index (χ2n) is 5.89. The largest absolute Gasteiger partial charge is 0.496 e. The highest BCUT2D eigenvalue weighted by Gasteiger charge is 2.13. The van der Waals surface area contributed by atoms with E-state index in [1.807, 2.05) is 36.4 Å². The number of carbonyl (C=O) groups excluding carboxylic acids is 1. The molecule has 0 N–H and O–H groups in total. The van der Waals surface area contributed by atoms with Gasteiger partial charge in [0, 0.05) is 29.7 Å². The molecule has 0 spiro atoms. The zero-order valence-electron chi connectivity index (χ0n) is 14.7. The summed E-state index contributed by atoms with van der Waals surface area (Å²) < 4.78 is 17.3. The van der Waals surface area contributed by atoms with Crippen molar-refractivity contribution in [2.45, 2.75) is 6.54 Å². The first-order valence-corrected chi connectivity index (χ1v) is 9.01. The van der Waals surface area contributed by atoms with Gasteiger partial charge in [0.05, 0.1) is 7.11 Å². The number of hydrogen-bond donors (Lipinski definition) is 0. The van der Waals surface area contributed by atoms with Crippen molar-refractivity contribution in [2.75, 3.05) is 27.4 Å². The Morgan fingerprint density at radius 1 is 1.19 bits per heavy atom. The van der Waals surface area contributed by atoms with Crippen LogP contribution in [0, 0.1) is 0 Å². The summed E-state index contributed by atoms with van der Waals surface area (Å²) >= 11 is 3.43. The first kappa shape index (κ1) is 18.3. The van der Waals surface area contributed by atoms with Crippen LogP contribution in [0.5, 0.6) is 17.2 Å². The minimum Gasteiger partial charge on any atom is -0.496 e. The normalized spacial score (nSPS) is 12.9. The maximum absolute atomic E-state index is 12.4. The lowest BCUT2D eigenvalue weighted by Crippen LogP contribution is -2.24. The Labute approximate surface area is 161 Å². The fraction of sp³-hybridized carbons (Fsp3) is 0.250. The molecule has 2 aromatic carbocycles. The van der Waals surface area contributed by atoms with E-state index in [9.17, 15) is 4.79 Å². The van der Waals surface area contributed by atoms with Crippen LogP contribution in [0.15, 0.2) is 46.9 Å². The summed E-state index contributed by atoms with van der Waals surface area (Å²) in [7, 11) is 3.37. The quantitative estimate of drug-likeness (QED) is 0.692. The number of ether oxygens (including phenoxy) is 3. The third-order valence-corrected chi connectivity index (χ3v) is 4.49. The Kier molecular flexibility index (Phi) is 5.83. The van der Waals surface area contributed by atoms with Gasteiger partial charge < -0.3 is 19.1 Å². The topological polar surface area (TPSA) is 48.0 Å². The van der Waals surface area contributed by atoms with Crippen molar-refractivity contribution in [3.8, 4) is 17.2 Å². The van der Waals surface area contributed by atoms with Crippen molar-refractivity contribution >= 4 is 27.9 Å². The lowest BCUT2D eigenvalue weighted by atomic mass is 10.1. The standard InChI is InChI=1S/C20H20BrNO4/c1-22(13-14-3-6-18-19(11-14)26-10-9-25-18)20(23)8-4-15-12-16(21)5-7-17(15)24-2/h3-8,11-12H,9-10,13H2,1-2H3/b8-4+. The van der Waals surface area contributed by atoms with Crippen molar-refractivity contribution in [3.05, 3.63) is 58.1 Å². The molecule has 0 radical (unpaired) electrons. The van der Waals surface area contributed by atoms with Gasteiger partial charge >= 0.3 is 0 Å². The molecule has 0 fully saturated rings. The van der Waals surface area contributed by atoms with Crippen LogP contribution in [0.2, 0.25) is 0 Å². The Morgan fingerprint density at radius 3 is 2.73 bits per heavy atom. The van der Waals surface area contributed by atoms with Crippen LogP contribution in [0.4, 0.5) is 0 Å². The van der Waals surface area contributed by atoms with Crippen molar-refractivity contribution in [1.82, 2.24) is 4.90 Å². The molecule has 0 atom stereocenters. The number of hydrogen-bond acceptors (Lipinski definition) is 4. The zero-order valence-corrected chi connectivity index (χ0v) is 16.3. The number of fused-ring (bicyclic) bond motifs is 1. The second kappa shape index (κ2) is 8.27. The molecule has 1 heterocycles. The Balaban J connectivity index is 1.67. The van der Waals surface area contributed by atoms with E-state index in [-0.39, 0.29) is 5.91 Å². The first-order valence-electron chi connectivity index (χ1n) is 8.22. The van der Waals surface area contributed by atoms with E-state index in [4.69, 9.17) is 14.2 Å². The molecule has 0 unspecified atom stereocenters. The second-order valence-corrected chi connectivity index (χ2v) is 6.81. The number of amides is 1. The highest BCUT2D eigenvalue weighted by Crippen LogP contribution is 2.31. The zero-order chi connectivity index (χ0) is 18.5. The van der Waals surface area contributed by atoms with E-state index in [1.54, 1.807) is 31.2 Å². The first-order chi connectivity index (χ1) is 12.6. The van der Waals surface area contributed by atoms with Crippen LogP contribution < -0.4 is 14.2 Å². The number of benzene rings is 2. The highest BCUT2D eigenvalue weighted by atomic mass is 79.9. The molecule has 0 aromatic heterocycles. The van der Waals surface area contributed by atoms with Crippen molar-refractivity contribution in [2.24, 2.45) is 0 Å². The summed E-state index contributed by atoms with van der Waals surface area (Å²) in [5.41, 5.74) is 1.82. The molecule has 3 rings (SSSR count). The fourth-order valence-electron chi connectivity index (χ4n) is 2.66. The molecular formula is C20H20BrNO4. The number of carbonyl (C=O) groups is 1. The molecule has 0 saturated heterocycles. The Bertz CT molecular complexity index is 835. The summed E-state index contributed by atoms with van der Waals surface area (Å²) in [4.78, 5) is 14.1. The molecule has 1 aliphatic rings. The van der Waals surface area contributed by atoms with Gasteiger partial charge in [0.2, 0.25) is 5.91 Å². The monoisotopic (exact) mass is 417 g/mol. The predicted octanol–water partition coefficient (Wildman–Crippen LogP) is 3.90. The molecule has 2 aromatic rings. The van der Waals surface area contributed by atoms with E-state index < -0.39 is 0 Å². The van der Waals surface area contributed by atoms with Gasteiger partial charge in [-0.05, 0) is 42.0 Å². The van der Waals surface area contributed by atoms with Crippen molar-refractivity contribution in [1.29, 1.82) is 0 Å². The van der Waals surface area contributed by atoms with Gasteiger partial charge in [0.15, 0.2) is 11.5 Å². The third kappa shape index (κ3) is 4.38. The number of rotatable bonds is 5. The molecule has 5 nitrogen and oxygen atoms in total. The SMILES string of the molecule is COc1ccc(Br)cc1/C=C/C(=O)N(C)Cc1ccc2c(c1)OCCO2. The number of methoxy groups -OCH3 is 1. The summed E-state index contributed by atoms with van der Waals surface area (Å²) in [5, 5.41) is 0. The Morgan fingerprint density at radius 2 is 1.96 bits per heavy atom. The molecule has 6 heteroatoms. The molecule has 0 aliphatic carbocycles. The van der Waals surface area contributed by atoms with E-state index >= 15 is 0 Å². The van der Waals surface area contributed by atoms with E-state index in [2.05, 4.69) is 15.9 Å². The maximum Gasteiger partial charge on any atom is 0.246 e. The number of nitrogens with zero attached hydrogens (tertiary/aromatic N) is 1. The summed E-state index contributed by atoms with van der Waals surface area (Å²) in [5.74, 6) is 2.09. The van der Waals surface area contributed by atoms with Gasteiger partial charge in [-0.2, -0.15) is 0 Å². The van der Waals surface area contributed by atoms with Gasteiger partial charge in [-0.25, -0.2) is 0 Å².